The van der Waals surface area contributed by atoms with E-state index in [0.29, 0.717) is 0 Å². The monoisotopic (exact) mass is 266 g/mol. The summed E-state index contributed by atoms with van der Waals surface area (Å²) in [6.07, 6.45) is 0. The van der Waals surface area contributed by atoms with Gasteiger partial charge in [-0.2, -0.15) is 8.42 Å². The molecule has 8 heteroatoms. The minimum Gasteiger partial charge on any atom is -0.480 e. The summed E-state index contributed by atoms with van der Waals surface area (Å²) in [6.45, 7) is -0.592. The highest BCUT2D eigenvalue weighted by Crippen LogP contribution is 2.27. The first kappa shape index (κ1) is 12.8. The minimum absolute atomic E-state index is 0.0245. The second kappa shape index (κ2) is 4.69. The fourth-order valence-electron chi connectivity index (χ4n) is 0.899. The van der Waals surface area contributed by atoms with Gasteiger partial charge in [0.05, 0.1) is 9.92 Å². The summed E-state index contributed by atoms with van der Waals surface area (Å²) in [4.78, 5) is 9.82. The van der Waals surface area contributed by atoms with E-state index in [2.05, 4.69) is 0 Å². The van der Waals surface area contributed by atoms with Gasteiger partial charge in [0.1, 0.15) is 5.75 Å². The van der Waals surface area contributed by atoms with E-state index in [-0.39, 0.29) is 15.7 Å². The Hall–Kier alpha value is -1.31. The van der Waals surface area contributed by atoms with Crippen LogP contribution >= 0.6 is 11.6 Å². The second-order valence-electron chi connectivity index (χ2n) is 2.75. The van der Waals surface area contributed by atoms with Gasteiger partial charge in [-0.05, 0) is 18.2 Å². The predicted molar refractivity (Wildman–Crippen MR) is 54.4 cm³/mol. The molecule has 0 spiro atoms. The number of hydrogen-bond acceptors (Lipinski definition) is 4. The first-order valence-corrected chi connectivity index (χ1v) is 5.74. The topological polar surface area (TPSA) is 101 Å². The van der Waals surface area contributed by atoms with Crippen LogP contribution in [0.4, 0.5) is 0 Å². The summed E-state index contributed by atoms with van der Waals surface area (Å²) in [5, 5.41) is 8.24. The highest BCUT2D eigenvalue weighted by molar-refractivity contribution is 7.85. The van der Waals surface area contributed by atoms with Crippen molar-refractivity contribution in [2.24, 2.45) is 0 Å². The average Bonchev–Trinajstić information content (AvgIpc) is 2.14. The van der Waals surface area contributed by atoms with Gasteiger partial charge in [0.25, 0.3) is 10.1 Å². The molecule has 0 fully saturated rings. The second-order valence-corrected chi connectivity index (χ2v) is 4.58. The van der Waals surface area contributed by atoms with E-state index in [0.717, 1.165) is 18.2 Å². The molecule has 0 aliphatic rings. The Morgan fingerprint density at radius 3 is 2.50 bits per heavy atom. The molecular weight excluding hydrogens is 260 g/mol. The Labute approximate surface area is 96.2 Å². The number of carboxylic acid groups (broad SMARTS) is 1. The van der Waals surface area contributed by atoms with Gasteiger partial charge in [-0.15, -0.1) is 0 Å². The molecule has 0 heterocycles. The number of halogens is 1. The van der Waals surface area contributed by atoms with Crippen LogP contribution in [0.5, 0.6) is 5.75 Å². The first-order valence-electron chi connectivity index (χ1n) is 3.92. The SMILES string of the molecule is O=C(O)COc1ccc(S(=O)(=O)O)cc1Cl. The summed E-state index contributed by atoms with van der Waals surface area (Å²) in [5.41, 5.74) is 0. The molecule has 0 aliphatic heterocycles. The number of benzene rings is 1. The normalized spacial score (nSPS) is 11.1. The van der Waals surface area contributed by atoms with Crippen molar-refractivity contribution in [2.45, 2.75) is 4.90 Å². The Kier molecular flexibility index (Phi) is 3.74. The third kappa shape index (κ3) is 3.37. The van der Waals surface area contributed by atoms with Crippen molar-refractivity contribution in [1.82, 2.24) is 0 Å². The molecule has 0 aliphatic carbocycles. The van der Waals surface area contributed by atoms with E-state index < -0.39 is 22.7 Å². The molecule has 0 saturated heterocycles. The fourth-order valence-corrected chi connectivity index (χ4v) is 1.71. The molecule has 0 bridgehead atoms. The van der Waals surface area contributed by atoms with Crippen molar-refractivity contribution < 1.29 is 27.6 Å². The molecule has 6 nitrogen and oxygen atoms in total. The van der Waals surface area contributed by atoms with Crippen LogP contribution < -0.4 is 4.74 Å². The Balaban J connectivity index is 2.96. The van der Waals surface area contributed by atoms with E-state index in [4.69, 9.17) is 26.0 Å². The zero-order valence-electron chi connectivity index (χ0n) is 7.75. The quantitative estimate of drug-likeness (QED) is 0.790. The van der Waals surface area contributed by atoms with Crippen molar-refractivity contribution in [1.29, 1.82) is 0 Å². The van der Waals surface area contributed by atoms with Crippen LogP contribution in [0, 0.1) is 0 Å². The molecule has 0 amide bonds. The van der Waals surface area contributed by atoms with Crippen molar-refractivity contribution in [3.05, 3.63) is 23.2 Å². The molecule has 0 unspecified atom stereocenters. The average molecular weight is 267 g/mol. The van der Waals surface area contributed by atoms with Crippen molar-refractivity contribution in [3.8, 4) is 5.75 Å². The molecule has 16 heavy (non-hydrogen) atoms. The van der Waals surface area contributed by atoms with Gasteiger partial charge in [-0.25, -0.2) is 4.79 Å². The number of aliphatic carboxylic acids is 1. The Morgan fingerprint density at radius 1 is 1.44 bits per heavy atom. The van der Waals surface area contributed by atoms with Gasteiger partial charge >= 0.3 is 5.97 Å². The lowest BCUT2D eigenvalue weighted by atomic mass is 10.3. The van der Waals surface area contributed by atoms with Crippen LogP contribution in [0.3, 0.4) is 0 Å². The molecule has 0 atom stereocenters. The molecule has 2 N–H and O–H groups in total. The molecular formula is C8H7ClO6S. The van der Waals surface area contributed by atoms with Gasteiger partial charge in [0.15, 0.2) is 6.61 Å². The van der Waals surface area contributed by atoms with E-state index in [1.165, 1.54) is 0 Å². The van der Waals surface area contributed by atoms with Crippen molar-refractivity contribution in [3.63, 3.8) is 0 Å². The van der Waals surface area contributed by atoms with Gasteiger partial charge in [0.2, 0.25) is 0 Å². The Bertz CT molecular complexity index is 509. The maximum atomic E-state index is 10.7. The van der Waals surface area contributed by atoms with Gasteiger partial charge in [-0.1, -0.05) is 11.6 Å². The highest BCUT2D eigenvalue weighted by atomic mass is 35.5. The van der Waals surface area contributed by atoms with Crippen LogP contribution in [-0.4, -0.2) is 30.7 Å². The lowest BCUT2D eigenvalue weighted by Crippen LogP contribution is -2.09. The predicted octanol–water partition coefficient (Wildman–Crippen LogP) is 1.05. The maximum Gasteiger partial charge on any atom is 0.341 e. The van der Waals surface area contributed by atoms with E-state index in [9.17, 15) is 13.2 Å². The number of hydrogen-bond donors (Lipinski definition) is 2. The van der Waals surface area contributed by atoms with E-state index in [1.54, 1.807) is 0 Å². The molecule has 0 aromatic heterocycles. The molecule has 1 aromatic carbocycles. The molecule has 0 radical (unpaired) electrons. The summed E-state index contributed by atoms with van der Waals surface area (Å²) >= 11 is 5.63. The third-order valence-corrected chi connectivity index (χ3v) is 2.70. The van der Waals surface area contributed by atoms with Crippen LogP contribution in [0.15, 0.2) is 23.1 Å². The maximum absolute atomic E-state index is 10.7. The largest absolute Gasteiger partial charge is 0.480 e. The summed E-state index contributed by atoms with van der Waals surface area (Å²) in [5.74, 6) is -1.16. The molecule has 0 saturated carbocycles. The lowest BCUT2D eigenvalue weighted by Gasteiger charge is -2.06. The third-order valence-electron chi connectivity index (χ3n) is 1.55. The number of carboxylic acids is 1. The molecule has 1 rings (SSSR count). The van der Waals surface area contributed by atoms with Crippen molar-refractivity contribution >= 4 is 27.7 Å². The zero-order valence-corrected chi connectivity index (χ0v) is 9.33. The molecule has 88 valence electrons. The Morgan fingerprint density at radius 2 is 2.06 bits per heavy atom. The van der Waals surface area contributed by atoms with Crippen LogP contribution in [-0.2, 0) is 14.9 Å². The first-order chi connectivity index (χ1) is 7.30. The van der Waals surface area contributed by atoms with E-state index in [1.807, 2.05) is 0 Å². The minimum atomic E-state index is -4.33. The fraction of sp³-hybridized carbons (Fsp3) is 0.125. The molecule has 1 aromatic rings. The summed E-state index contributed by atoms with van der Waals surface area (Å²) < 4.78 is 34.9. The van der Waals surface area contributed by atoms with Crippen LogP contribution in [0.1, 0.15) is 0 Å². The highest BCUT2D eigenvalue weighted by Gasteiger charge is 2.12. The van der Waals surface area contributed by atoms with Crippen LogP contribution in [0.25, 0.3) is 0 Å². The standard InChI is InChI=1S/C8H7ClO6S/c9-6-3-5(16(12,13)14)1-2-7(6)15-4-8(10)11/h1-3H,4H2,(H,10,11)(H,12,13,14). The van der Waals surface area contributed by atoms with E-state index >= 15 is 0 Å². The zero-order chi connectivity index (χ0) is 12.3. The summed E-state index contributed by atoms with van der Waals surface area (Å²) in [6, 6.07) is 3.18. The van der Waals surface area contributed by atoms with Gasteiger partial charge in [-0.3, -0.25) is 4.55 Å². The summed E-state index contributed by atoms with van der Waals surface area (Å²) in [7, 11) is -4.33. The van der Waals surface area contributed by atoms with Gasteiger partial charge in [0, 0.05) is 0 Å². The smallest absolute Gasteiger partial charge is 0.341 e. The number of ether oxygens (including phenoxy) is 1. The van der Waals surface area contributed by atoms with Crippen LogP contribution in [0.2, 0.25) is 5.02 Å². The number of carbonyl (C=O) groups is 1. The van der Waals surface area contributed by atoms with Crippen molar-refractivity contribution in [2.75, 3.05) is 6.61 Å². The lowest BCUT2D eigenvalue weighted by molar-refractivity contribution is -0.139. The van der Waals surface area contributed by atoms with Gasteiger partial charge < -0.3 is 9.84 Å². The number of rotatable bonds is 4.